The van der Waals surface area contributed by atoms with E-state index in [4.69, 9.17) is 0 Å². The Morgan fingerprint density at radius 3 is 2.59 bits per heavy atom. The van der Waals surface area contributed by atoms with E-state index in [0.717, 1.165) is 24.0 Å². The summed E-state index contributed by atoms with van der Waals surface area (Å²) in [6.45, 7) is 7.47. The molecule has 3 heteroatoms. The second-order valence-corrected chi connectivity index (χ2v) is 4.28. The lowest BCUT2D eigenvalue weighted by atomic mass is 10.0. The van der Waals surface area contributed by atoms with Crippen LogP contribution in [0.5, 0.6) is 0 Å². The Hall–Kier alpha value is -1.64. The molecule has 0 saturated heterocycles. The fourth-order valence-corrected chi connectivity index (χ4v) is 1.98. The van der Waals surface area contributed by atoms with Gasteiger partial charge in [0, 0.05) is 18.5 Å². The zero-order chi connectivity index (χ0) is 13.0. The Kier molecular flexibility index (Phi) is 4.44. The minimum atomic E-state index is -0.0308. The number of aryl methyl sites for hydroxylation is 1. The second kappa shape index (κ2) is 5.62. The molecule has 0 fully saturated rings. The number of para-hydroxylation sites is 1. The molecule has 1 aromatic rings. The molecule has 1 aromatic carbocycles. The van der Waals surface area contributed by atoms with E-state index >= 15 is 0 Å². The second-order valence-electron chi connectivity index (χ2n) is 4.28. The molecule has 0 radical (unpaired) electrons. The minimum Gasteiger partial charge on any atom is -0.309 e. The van der Waals surface area contributed by atoms with Crippen molar-refractivity contribution in [3.63, 3.8) is 0 Å². The highest BCUT2D eigenvalue weighted by atomic mass is 16.2. The number of amides is 1. The molecule has 0 bridgehead atoms. The number of carbonyl (C=O) groups is 2. The molecule has 17 heavy (non-hydrogen) atoms. The summed E-state index contributed by atoms with van der Waals surface area (Å²) >= 11 is 0. The molecule has 0 N–H and O–H groups in total. The van der Waals surface area contributed by atoms with Gasteiger partial charge in [0.1, 0.15) is 0 Å². The lowest BCUT2D eigenvalue weighted by molar-refractivity contribution is -0.117. The Bertz CT molecular complexity index is 426. The van der Waals surface area contributed by atoms with Crippen molar-refractivity contribution in [3.05, 3.63) is 29.3 Å². The van der Waals surface area contributed by atoms with Crippen LogP contribution in [0.25, 0.3) is 0 Å². The molecule has 0 aliphatic rings. The Balaban J connectivity index is 3.36. The van der Waals surface area contributed by atoms with E-state index in [9.17, 15) is 9.59 Å². The van der Waals surface area contributed by atoms with Crippen LogP contribution in [0, 0.1) is 6.92 Å². The van der Waals surface area contributed by atoms with Gasteiger partial charge in [-0.1, -0.05) is 19.1 Å². The number of aldehydes is 1. The van der Waals surface area contributed by atoms with Gasteiger partial charge >= 0.3 is 0 Å². The van der Waals surface area contributed by atoms with Crippen molar-refractivity contribution in [2.24, 2.45) is 0 Å². The summed E-state index contributed by atoms with van der Waals surface area (Å²) < 4.78 is 0. The van der Waals surface area contributed by atoms with E-state index in [-0.39, 0.29) is 11.9 Å². The van der Waals surface area contributed by atoms with E-state index in [2.05, 4.69) is 0 Å². The summed E-state index contributed by atoms with van der Waals surface area (Å²) in [5.74, 6) is -0.0308. The van der Waals surface area contributed by atoms with Crippen molar-refractivity contribution in [1.82, 2.24) is 0 Å². The van der Waals surface area contributed by atoms with E-state index in [1.807, 2.05) is 32.9 Å². The number of hydrogen-bond donors (Lipinski definition) is 0. The average Bonchev–Trinajstić information content (AvgIpc) is 2.30. The first-order valence-electron chi connectivity index (χ1n) is 5.87. The lowest BCUT2D eigenvalue weighted by Crippen LogP contribution is -2.37. The lowest BCUT2D eigenvalue weighted by Gasteiger charge is -2.30. The Labute approximate surface area is 102 Å². The minimum absolute atomic E-state index is 0.0308. The fraction of sp³-hybridized carbons (Fsp3) is 0.429. The maximum atomic E-state index is 11.8. The molecule has 1 rings (SSSR count). The van der Waals surface area contributed by atoms with Gasteiger partial charge < -0.3 is 4.90 Å². The largest absolute Gasteiger partial charge is 0.309 e. The molecule has 1 amide bonds. The highest BCUT2D eigenvalue weighted by Crippen LogP contribution is 2.26. The van der Waals surface area contributed by atoms with Crippen LogP contribution >= 0.6 is 0 Å². The van der Waals surface area contributed by atoms with Gasteiger partial charge in [-0.15, -0.1) is 0 Å². The van der Waals surface area contributed by atoms with Crippen LogP contribution < -0.4 is 4.90 Å². The van der Waals surface area contributed by atoms with E-state index in [1.54, 1.807) is 11.0 Å². The van der Waals surface area contributed by atoms with Gasteiger partial charge in [0.15, 0.2) is 6.29 Å². The molecular formula is C14H19NO2. The van der Waals surface area contributed by atoms with Gasteiger partial charge in [0.2, 0.25) is 5.91 Å². The number of benzene rings is 1. The third-order valence-corrected chi connectivity index (χ3v) is 3.01. The normalized spacial score (nSPS) is 12.0. The summed E-state index contributed by atoms with van der Waals surface area (Å²) in [5, 5.41) is 0. The molecule has 1 atom stereocenters. The van der Waals surface area contributed by atoms with Gasteiger partial charge in [-0.25, -0.2) is 0 Å². The molecule has 0 aliphatic carbocycles. The van der Waals surface area contributed by atoms with E-state index < -0.39 is 0 Å². The molecular weight excluding hydrogens is 214 g/mol. The quantitative estimate of drug-likeness (QED) is 0.750. The van der Waals surface area contributed by atoms with Gasteiger partial charge in [-0.3, -0.25) is 9.59 Å². The maximum absolute atomic E-state index is 11.8. The number of carbonyl (C=O) groups excluding carboxylic acids is 2. The van der Waals surface area contributed by atoms with Gasteiger partial charge in [-0.2, -0.15) is 0 Å². The van der Waals surface area contributed by atoms with Gasteiger partial charge in [-0.05, 0) is 31.9 Å². The van der Waals surface area contributed by atoms with Crippen LogP contribution in [-0.2, 0) is 4.79 Å². The predicted octanol–water partition coefficient (Wildman–Crippen LogP) is 2.96. The first kappa shape index (κ1) is 13.4. The number of hydrogen-bond acceptors (Lipinski definition) is 2. The number of rotatable bonds is 4. The van der Waals surface area contributed by atoms with Crippen LogP contribution in [0.15, 0.2) is 18.2 Å². The van der Waals surface area contributed by atoms with Crippen LogP contribution in [0.2, 0.25) is 0 Å². The van der Waals surface area contributed by atoms with Gasteiger partial charge in [0.25, 0.3) is 0 Å². The van der Waals surface area contributed by atoms with Crippen LogP contribution in [0.4, 0.5) is 5.69 Å². The van der Waals surface area contributed by atoms with Crippen molar-refractivity contribution < 1.29 is 9.59 Å². The third-order valence-electron chi connectivity index (χ3n) is 3.01. The average molecular weight is 233 g/mol. The monoisotopic (exact) mass is 233 g/mol. The predicted molar refractivity (Wildman–Crippen MR) is 69.5 cm³/mol. The van der Waals surface area contributed by atoms with Crippen molar-refractivity contribution in [1.29, 1.82) is 0 Å². The fourth-order valence-electron chi connectivity index (χ4n) is 1.98. The highest BCUT2D eigenvalue weighted by molar-refractivity contribution is 5.98. The van der Waals surface area contributed by atoms with E-state index in [0.29, 0.717) is 5.56 Å². The molecule has 1 unspecified atom stereocenters. The molecule has 3 nitrogen and oxygen atoms in total. The van der Waals surface area contributed by atoms with Crippen LogP contribution in [0.3, 0.4) is 0 Å². The summed E-state index contributed by atoms with van der Waals surface area (Å²) in [7, 11) is 0. The summed E-state index contributed by atoms with van der Waals surface area (Å²) in [5.41, 5.74) is 2.26. The Morgan fingerprint density at radius 2 is 2.12 bits per heavy atom. The topological polar surface area (TPSA) is 37.4 Å². The smallest absolute Gasteiger partial charge is 0.224 e. The Morgan fingerprint density at radius 1 is 1.47 bits per heavy atom. The van der Waals surface area contributed by atoms with Crippen molar-refractivity contribution in [2.75, 3.05) is 4.90 Å². The summed E-state index contributed by atoms with van der Waals surface area (Å²) in [6, 6.07) is 5.58. The highest BCUT2D eigenvalue weighted by Gasteiger charge is 2.21. The van der Waals surface area contributed by atoms with E-state index in [1.165, 1.54) is 6.92 Å². The number of nitrogens with zero attached hydrogens (tertiary/aromatic N) is 1. The first-order chi connectivity index (χ1) is 8.02. The zero-order valence-electron chi connectivity index (χ0n) is 10.9. The van der Waals surface area contributed by atoms with Crippen LogP contribution in [-0.4, -0.2) is 18.2 Å². The molecule has 0 aromatic heterocycles. The number of anilines is 1. The maximum Gasteiger partial charge on any atom is 0.224 e. The standard InChI is InChI=1S/C14H19NO2/c1-5-11(3)15(12(4)17)14-10(2)7-6-8-13(14)9-16/h6-9,11H,5H2,1-4H3. The SMILES string of the molecule is CCC(C)N(C(C)=O)c1c(C)cccc1C=O. The summed E-state index contributed by atoms with van der Waals surface area (Å²) in [6.07, 6.45) is 1.66. The molecule has 0 spiro atoms. The van der Waals surface area contributed by atoms with Crippen molar-refractivity contribution >= 4 is 17.9 Å². The molecule has 0 heterocycles. The molecule has 92 valence electrons. The first-order valence-corrected chi connectivity index (χ1v) is 5.87. The van der Waals surface area contributed by atoms with Gasteiger partial charge in [0.05, 0.1) is 5.69 Å². The van der Waals surface area contributed by atoms with Crippen LogP contribution in [0.1, 0.15) is 43.1 Å². The zero-order valence-corrected chi connectivity index (χ0v) is 10.9. The van der Waals surface area contributed by atoms with Crippen molar-refractivity contribution in [2.45, 2.75) is 40.2 Å². The third kappa shape index (κ3) is 2.73. The molecule has 0 saturated carbocycles. The van der Waals surface area contributed by atoms with Crippen molar-refractivity contribution in [3.8, 4) is 0 Å². The summed E-state index contributed by atoms with van der Waals surface area (Å²) in [4.78, 5) is 24.6. The molecule has 0 aliphatic heterocycles.